The standard InChI is InChI=1S/C21H36O2/c1-13-12-19(2)14(11-18(13)22)5-6-15-16(19)7-9-20(3)17(15)8-10-21(20,4)23/h13-18,22-23H,5-12H2,1-4H3/t13-,14+,15-,16+,17+,18+,19+,20+,21+/m1/s1. The van der Waals surface area contributed by atoms with Gasteiger partial charge in [0.2, 0.25) is 0 Å². The molecule has 2 N–H and O–H groups in total. The molecule has 4 aliphatic rings. The average Bonchev–Trinajstić information content (AvgIpc) is 2.71. The molecule has 9 atom stereocenters. The van der Waals surface area contributed by atoms with Crippen molar-refractivity contribution < 1.29 is 10.2 Å². The molecule has 4 aliphatic carbocycles. The molecule has 0 aromatic heterocycles. The normalized spacial score (nSPS) is 62.3. The third kappa shape index (κ3) is 2.06. The number of hydrogen-bond acceptors (Lipinski definition) is 2. The molecule has 4 fully saturated rings. The predicted octanol–water partition coefficient (Wildman–Crippen LogP) is 4.39. The number of hydrogen-bond donors (Lipinski definition) is 2. The smallest absolute Gasteiger partial charge is 0.0675 e. The fraction of sp³-hybridized carbons (Fsp3) is 1.00. The molecule has 2 nitrogen and oxygen atoms in total. The summed E-state index contributed by atoms with van der Waals surface area (Å²) in [5.41, 5.74) is 0.102. The van der Waals surface area contributed by atoms with Gasteiger partial charge in [-0.2, -0.15) is 0 Å². The van der Waals surface area contributed by atoms with Gasteiger partial charge in [-0.3, -0.25) is 0 Å². The fourth-order valence-electron chi connectivity index (χ4n) is 7.84. The van der Waals surface area contributed by atoms with Gasteiger partial charge in [-0.1, -0.05) is 20.8 Å². The molecule has 0 radical (unpaired) electrons. The van der Waals surface area contributed by atoms with E-state index in [2.05, 4.69) is 27.7 Å². The van der Waals surface area contributed by atoms with Gasteiger partial charge in [0.15, 0.2) is 0 Å². The molecule has 0 bridgehead atoms. The van der Waals surface area contributed by atoms with Crippen LogP contribution in [0.15, 0.2) is 0 Å². The SMILES string of the molecule is C[C@@H]1C[C@@]2(C)[C@@H](CC[C@@H]3[C@@H]2CC[C@@]2(C)[C@H]3CC[C@]2(C)O)C[C@@H]1O. The molecule has 0 unspecified atom stereocenters. The maximum atomic E-state index is 11.0. The summed E-state index contributed by atoms with van der Waals surface area (Å²) in [6.07, 6.45) is 9.51. The van der Waals surface area contributed by atoms with Crippen molar-refractivity contribution in [2.45, 2.75) is 90.8 Å². The van der Waals surface area contributed by atoms with E-state index in [1.807, 2.05) is 0 Å². The Morgan fingerprint density at radius 3 is 2.35 bits per heavy atom. The van der Waals surface area contributed by atoms with Gasteiger partial charge < -0.3 is 10.2 Å². The second-order valence-corrected chi connectivity index (χ2v) is 10.4. The van der Waals surface area contributed by atoms with Crippen LogP contribution >= 0.6 is 0 Å². The van der Waals surface area contributed by atoms with Crippen LogP contribution in [0.4, 0.5) is 0 Å². The first-order chi connectivity index (χ1) is 10.7. The van der Waals surface area contributed by atoms with Crippen molar-refractivity contribution in [3.63, 3.8) is 0 Å². The molecular formula is C21H36O2. The summed E-state index contributed by atoms with van der Waals surface area (Å²) in [6, 6.07) is 0. The summed E-state index contributed by atoms with van der Waals surface area (Å²) in [5.74, 6) is 3.53. The zero-order valence-corrected chi connectivity index (χ0v) is 15.5. The Bertz CT molecular complexity index is 486. The number of aliphatic hydroxyl groups excluding tert-OH is 1. The second kappa shape index (κ2) is 4.97. The molecule has 0 aliphatic heterocycles. The average molecular weight is 321 g/mol. The van der Waals surface area contributed by atoms with Gasteiger partial charge in [0.25, 0.3) is 0 Å². The molecule has 0 spiro atoms. The van der Waals surface area contributed by atoms with E-state index in [4.69, 9.17) is 0 Å². The second-order valence-electron chi connectivity index (χ2n) is 10.4. The van der Waals surface area contributed by atoms with Gasteiger partial charge in [-0.15, -0.1) is 0 Å². The van der Waals surface area contributed by atoms with E-state index >= 15 is 0 Å². The van der Waals surface area contributed by atoms with Crippen LogP contribution < -0.4 is 0 Å². The van der Waals surface area contributed by atoms with E-state index in [9.17, 15) is 10.2 Å². The van der Waals surface area contributed by atoms with Crippen LogP contribution in [0, 0.1) is 40.4 Å². The summed E-state index contributed by atoms with van der Waals surface area (Å²) in [6.45, 7) is 9.28. The molecule has 0 saturated heterocycles. The Morgan fingerprint density at radius 2 is 1.61 bits per heavy atom. The van der Waals surface area contributed by atoms with Crippen LogP contribution in [-0.4, -0.2) is 21.9 Å². The van der Waals surface area contributed by atoms with Crippen molar-refractivity contribution in [1.29, 1.82) is 0 Å². The maximum Gasteiger partial charge on any atom is 0.0675 e. The van der Waals surface area contributed by atoms with Gasteiger partial charge >= 0.3 is 0 Å². The molecule has 0 aromatic carbocycles. The first kappa shape index (κ1) is 16.4. The van der Waals surface area contributed by atoms with Crippen molar-refractivity contribution >= 4 is 0 Å². The summed E-state index contributed by atoms with van der Waals surface area (Å²) >= 11 is 0. The lowest BCUT2D eigenvalue weighted by Crippen LogP contribution is -2.57. The van der Waals surface area contributed by atoms with Gasteiger partial charge in [0.05, 0.1) is 11.7 Å². The Labute approximate surface area is 142 Å². The zero-order valence-electron chi connectivity index (χ0n) is 15.5. The molecule has 4 saturated carbocycles. The molecule has 0 aromatic rings. The number of aliphatic hydroxyl groups is 2. The molecule has 0 amide bonds. The Morgan fingerprint density at radius 1 is 0.913 bits per heavy atom. The Hall–Kier alpha value is -0.0800. The first-order valence-electron chi connectivity index (χ1n) is 10.1. The van der Waals surface area contributed by atoms with Crippen molar-refractivity contribution in [2.24, 2.45) is 40.4 Å². The van der Waals surface area contributed by atoms with Crippen molar-refractivity contribution in [3.8, 4) is 0 Å². The predicted molar refractivity (Wildman–Crippen MR) is 92.9 cm³/mol. The third-order valence-corrected chi connectivity index (χ3v) is 9.57. The van der Waals surface area contributed by atoms with E-state index in [1.54, 1.807) is 0 Å². The lowest BCUT2D eigenvalue weighted by atomic mass is 9.43. The molecular weight excluding hydrogens is 284 g/mol. The van der Waals surface area contributed by atoms with Crippen molar-refractivity contribution in [1.82, 2.24) is 0 Å². The van der Waals surface area contributed by atoms with Crippen LogP contribution in [0.2, 0.25) is 0 Å². The molecule has 4 rings (SSSR count). The highest BCUT2D eigenvalue weighted by molar-refractivity contribution is 5.13. The van der Waals surface area contributed by atoms with Crippen LogP contribution in [0.1, 0.15) is 79.1 Å². The Kier molecular flexibility index (Phi) is 3.54. The van der Waals surface area contributed by atoms with Crippen LogP contribution in [0.25, 0.3) is 0 Å². The van der Waals surface area contributed by atoms with Crippen LogP contribution in [-0.2, 0) is 0 Å². The van der Waals surface area contributed by atoms with Crippen LogP contribution in [0.5, 0.6) is 0 Å². The number of rotatable bonds is 0. The highest BCUT2D eigenvalue weighted by Gasteiger charge is 2.63. The summed E-state index contributed by atoms with van der Waals surface area (Å²) in [5, 5.41) is 21.3. The summed E-state index contributed by atoms with van der Waals surface area (Å²) in [4.78, 5) is 0. The fourth-order valence-corrected chi connectivity index (χ4v) is 7.84. The lowest BCUT2D eigenvalue weighted by Gasteiger charge is -2.62. The minimum Gasteiger partial charge on any atom is -0.393 e. The monoisotopic (exact) mass is 320 g/mol. The lowest BCUT2D eigenvalue weighted by molar-refractivity contribution is -0.161. The zero-order chi connectivity index (χ0) is 16.6. The summed E-state index contributed by atoms with van der Waals surface area (Å²) in [7, 11) is 0. The van der Waals surface area contributed by atoms with Crippen molar-refractivity contribution in [2.75, 3.05) is 0 Å². The van der Waals surface area contributed by atoms with E-state index in [1.165, 1.54) is 38.5 Å². The highest BCUT2D eigenvalue weighted by Crippen LogP contribution is 2.68. The Balaban J connectivity index is 1.64. The minimum atomic E-state index is -0.462. The van der Waals surface area contributed by atoms with E-state index in [0.29, 0.717) is 11.3 Å². The van der Waals surface area contributed by atoms with Gasteiger partial charge in [-0.25, -0.2) is 0 Å². The highest BCUT2D eigenvalue weighted by atomic mass is 16.3. The first-order valence-corrected chi connectivity index (χ1v) is 10.1. The van der Waals surface area contributed by atoms with Gasteiger partial charge in [0.1, 0.15) is 0 Å². The molecule has 2 heteroatoms. The third-order valence-electron chi connectivity index (χ3n) is 9.57. The van der Waals surface area contributed by atoms with E-state index in [0.717, 1.165) is 36.5 Å². The van der Waals surface area contributed by atoms with E-state index < -0.39 is 5.60 Å². The molecule has 0 heterocycles. The largest absolute Gasteiger partial charge is 0.393 e. The van der Waals surface area contributed by atoms with Crippen molar-refractivity contribution in [3.05, 3.63) is 0 Å². The topological polar surface area (TPSA) is 40.5 Å². The molecule has 23 heavy (non-hydrogen) atoms. The summed E-state index contributed by atoms with van der Waals surface area (Å²) < 4.78 is 0. The van der Waals surface area contributed by atoms with E-state index in [-0.39, 0.29) is 11.5 Å². The van der Waals surface area contributed by atoms with Crippen LogP contribution in [0.3, 0.4) is 0 Å². The number of fused-ring (bicyclic) bond motifs is 5. The maximum absolute atomic E-state index is 11.0. The quantitative estimate of drug-likeness (QED) is 0.695. The van der Waals surface area contributed by atoms with Gasteiger partial charge in [0, 0.05) is 0 Å². The minimum absolute atomic E-state index is 0.0781. The van der Waals surface area contributed by atoms with Gasteiger partial charge in [-0.05, 0) is 98.7 Å². The molecule has 132 valence electrons.